The number of benzene rings is 1. The van der Waals surface area contributed by atoms with Gasteiger partial charge in [-0.25, -0.2) is 13.1 Å². The van der Waals surface area contributed by atoms with Crippen molar-refractivity contribution in [2.45, 2.75) is 30.6 Å². The van der Waals surface area contributed by atoms with Crippen LogP contribution in [0.1, 0.15) is 17.4 Å². The standard InChI is InChI=1S/C18H22N2O4S2/c1-3-16-7-8-18(25-16)26(22,23)19-10-15-11-20(17(21)12-24-15)14-6-4-5-13(2)9-14/h4-9,15,19H,3,10-12H2,1-2H3. The van der Waals surface area contributed by atoms with Crippen molar-refractivity contribution in [1.82, 2.24) is 4.72 Å². The number of amides is 1. The molecule has 0 aliphatic carbocycles. The van der Waals surface area contributed by atoms with E-state index in [-0.39, 0.29) is 19.1 Å². The predicted octanol–water partition coefficient (Wildman–Crippen LogP) is 2.33. The van der Waals surface area contributed by atoms with Crippen LogP contribution in [-0.4, -0.2) is 40.1 Å². The van der Waals surface area contributed by atoms with Crippen LogP contribution < -0.4 is 9.62 Å². The molecule has 1 aliphatic heterocycles. The van der Waals surface area contributed by atoms with Crippen molar-refractivity contribution in [2.75, 3.05) is 24.6 Å². The van der Waals surface area contributed by atoms with Gasteiger partial charge < -0.3 is 9.64 Å². The molecule has 1 aliphatic rings. The van der Waals surface area contributed by atoms with Gasteiger partial charge >= 0.3 is 0 Å². The molecule has 2 aromatic rings. The number of ether oxygens (including phenoxy) is 1. The molecule has 0 radical (unpaired) electrons. The molecule has 8 heteroatoms. The van der Waals surface area contributed by atoms with Gasteiger partial charge in [0, 0.05) is 17.1 Å². The number of sulfonamides is 1. The summed E-state index contributed by atoms with van der Waals surface area (Å²) in [5.41, 5.74) is 1.86. The van der Waals surface area contributed by atoms with E-state index in [1.165, 1.54) is 11.3 Å². The Labute approximate surface area is 157 Å². The Kier molecular flexibility index (Phi) is 5.76. The molecule has 26 heavy (non-hydrogen) atoms. The number of anilines is 1. The fourth-order valence-corrected chi connectivity index (χ4v) is 5.17. The lowest BCUT2D eigenvalue weighted by atomic mass is 10.2. The zero-order valence-electron chi connectivity index (χ0n) is 14.8. The highest BCUT2D eigenvalue weighted by atomic mass is 32.2. The number of thiophene rings is 1. The van der Waals surface area contributed by atoms with E-state index in [4.69, 9.17) is 4.74 Å². The van der Waals surface area contributed by atoms with Crippen LogP contribution >= 0.6 is 11.3 Å². The fraction of sp³-hybridized carbons (Fsp3) is 0.389. The van der Waals surface area contributed by atoms with Gasteiger partial charge in [0.25, 0.3) is 5.91 Å². The van der Waals surface area contributed by atoms with Crippen LogP contribution in [0.15, 0.2) is 40.6 Å². The normalized spacial score (nSPS) is 18.3. The number of nitrogens with zero attached hydrogens (tertiary/aromatic N) is 1. The summed E-state index contributed by atoms with van der Waals surface area (Å²) in [4.78, 5) is 14.8. The number of morpholine rings is 1. The second kappa shape index (κ2) is 7.87. The van der Waals surface area contributed by atoms with Gasteiger partial charge in [0.15, 0.2) is 0 Å². The number of carbonyl (C=O) groups is 1. The molecule has 1 aromatic heterocycles. The average molecular weight is 395 g/mol. The molecule has 1 saturated heterocycles. The zero-order chi connectivity index (χ0) is 18.7. The summed E-state index contributed by atoms with van der Waals surface area (Å²) in [5, 5.41) is 0. The monoisotopic (exact) mass is 394 g/mol. The van der Waals surface area contributed by atoms with Crippen molar-refractivity contribution in [3.8, 4) is 0 Å². The predicted molar refractivity (Wildman–Crippen MR) is 102 cm³/mol. The highest BCUT2D eigenvalue weighted by Crippen LogP contribution is 2.23. The molecule has 1 atom stereocenters. The van der Waals surface area contributed by atoms with E-state index in [1.807, 2.05) is 44.2 Å². The van der Waals surface area contributed by atoms with Crippen molar-refractivity contribution < 1.29 is 17.9 Å². The van der Waals surface area contributed by atoms with Gasteiger partial charge in [-0.15, -0.1) is 11.3 Å². The third-order valence-corrected chi connectivity index (χ3v) is 7.34. The van der Waals surface area contributed by atoms with E-state index in [1.54, 1.807) is 11.0 Å². The Balaban J connectivity index is 1.66. The van der Waals surface area contributed by atoms with Crippen molar-refractivity contribution in [2.24, 2.45) is 0 Å². The molecule has 1 unspecified atom stereocenters. The first-order valence-electron chi connectivity index (χ1n) is 8.46. The molecule has 0 bridgehead atoms. The second-order valence-electron chi connectivity index (χ2n) is 6.20. The minimum Gasteiger partial charge on any atom is -0.365 e. The van der Waals surface area contributed by atoms with Crippen molar-refractivity contribution >= 4 is 33.0 Å². The van der Waals surface area contributed by atoms with E-state index < -0.39 is 16.1 Å². The Bertz CT molecular complexity index is 892. The highest BCUT2D eigenvalue weighted by molar-refractivity contribution is 7.91. The number of carbonyl (C=O) groups excluding carboxylic acids is 1. The molecule has 0 saturated carbocycles. The van der Waals surface area contributed by atoms with Gasteiger partial charge in [-0.2, -0.15) is 0 Å². The third-order valence-electron chi connectivity index (χ3n) is 4.19. The van der Waals surface area contributed by atoms with E-state index in [9.17, 15) is 13.2 Å². The molecular formula is C18H22N2O4S2. The maximum absolute atomic E-state index is 12.4. The maximum atomic E-state index is 12.4. The molecule has 1 aromatic carbocycles. The Morgan fingerprint density at radius 2 is 2.12 bits per heavy atom. The molecule has 2 heterocycles. The first-order chi connectivity index (χ1) is 12.4. The summed E-state index contributed by atoms with van der Waals surface area (Å²) in [6, 6.07) is 11.1. The smallest absolute Gasteiger partial charge is 0.253 e. The first kappa shape index (κ1) is 19.0. The Morgan fingerprint density at radius 1 is 1.31 bits per heavy atom. The Hall–Kier alpha value is -1.74. The maximum Gasteiger partial charge on any atom is 0.253 e. The average Bonchev–Trinajstić information content (AvgIpc) is 3.11. The summed E-state index contributed by atoms with van der Waals surface area (Å²) in [7, 11) is -3.57. The number of hydrogen-bond donors (Lipinski definition) is 1. The summed E-state index contributed by atoms with van der Waals surface area (Å²) >= 11 is 1.27. The molecule has 1 N–H and O–H groups in total. The van der Waals surface area contributed by atoms with Gasteiger partial charge in [0.1, 0.15) is 10.8 Å². The summed E-state index contributed by atoms with van der Waals surface area (Å²) in [6.07, 6.45) is 0.410. The van der Waals surface area contributed by atoms with Crippen LogP contribution in [0.5, 0.6) is 0 Å². The minimum atomic E-state index is -3.57. The molecule has 6 nitrogen and oxygen atoms in total. The van der Waals surface area contributed by atoms with Crippen LogP contribution in [-0.2, 0) is 26.0 Å². The van der Waals surface area contributed by atoms with E-state index in [2.05, 4.69) is 4.72 Å². The highest BCUT2D eigenvalue weighted by Gasteiger charge is 2.29. The van der Waals surface area contributed by atoms with Gasteiger partial charge in [-0.1, -0.05) is 19.1 Å². The van der Waals surface area contributed by atoms with Crippen molar-refractivity contribution in [3.63, 3.8) is 0 Å². The zero-order valence-corrected chi connectivity index (χ0v) is 16.4. The lowest BCUT2D eigenvalue weighted by Crippen LogP contribution is -2.50. The SMILES string of the molecule is CCc1ccc(S(=O)(=O)NCC2CN(c3cccc(C)c3)C(=O)CO2)s1. The third kappa shape index (κ3) is 4.32. The van der Waals surface area contributed by atoms with E-state index in [0.717, 1.165) is 22.5 Å². The first-order valence-corrected chi connectivity index (χ1v) is 10.8. The summed E-state index contributed by atoms with van der Waals surface area (Å²) in [5.74, 6) is -0.124. The van der Waals surface area contributed by atoms with Crippen LogP contribution in [0.2, 0.25) is 0 Å². The van der Waals surface area contributed by atoms with Crippen molar-refractivity contribution in [3.05, 3.63) is 46.8 Å². The molecule has 3 rings (SSSR count). The quantitative estimate of drug-likeness (QED) is 0.816. The second-order valence-corrected chi connectivity index (χ2v) is 9.36. The van der Waals surface area contributed by atoms with Gasteiger partial charge in [-0.05, 0) is 43.2 Å². The van der Waals surface area contributed by atoms with Gasteiger partial charge in [0.05, 0.1) is 12.6 Å². The molecular weight excluding hydrogens is 372 g/mol. The molecule has 140 valence electrons. The molecule has 0 spiro atoms. The largest absolute Gasteiger partial charge is 0.365 e. The lowest BCUT2D eigenvalue weighted by Gasteiger charge is -2.33. The van der Waals surface area contributed by atoms with Crippen LogP contribution in [0, 0.1) is 6.92 Å². The fourth-order valence-electron chi connectivity index (χ4n) is 2.76. The van der Waals surface area contributed by atoms with E-state index >= 15 is 0 Å². The summed E-state index contributed by atoms with van der Waals surface area (Å²) < 4.78 is 33.3. The van der Waals surface area contributed by atoms with Crippen molar-refractivity contribution in [1.29, 1.82) is 0 Å². The van der Waals surface area contributed by atoms with Gasteiger partial charge in [-0.3, -0.25) is 4.79 Å². The molecule has 1 amide bonds. The Morgan fingerprint density at radius 3 is 2.81 bits per heavy atom. The van der Waals surface area contributed by atoms with Crippen LogP contribution in [0.4, 0.5) is 5.69 Å². The topological polar surface area (TPSA) is 75.7 Å². The lowest BCUT2D eigenvalue weighted by molar-refractivity contribution is -0.129. The summed E-state index contributed by atoms with van der Waals surface area (Å²) in [6.45, 7) is 4.33. The molecule has 1 fully saturated rings. The minimum absolute atomic E-state index is 0.0562. The van der Waals surface area contributed by atoms with Crippen LogP contribution in [0.3, 0.4) is 0 Å². The van der Waals surface area contributed by atoms with Gasteiger partial charge in [0.2, 0.25) is 10.0 Å². The number of rotatable bonds is 6. The van der Waals surface area contributed by atoms with E-state index in [0.29, 0.717) is 10.8 Å². The van der Waals surface area contributed by atoms with Crippen LogP contribution in [0.25, 0.3) is 0 Å². The number of hydrogen-bond acceptors (Lipinski definition) is 5. The number of nitrogens with one attached hydrogen (secondary N) is 1. The number of aryl methyl sites for hydroxylation is 2.